The van der Waals surface area contributed by atoms with Crippen LogP contribution in [0.2, 0.25) is 0 Å². The van der Waals surface area contributed by atoms with Gasteiger partial charge in [-0.2, -0.15) is 5.10 Å². The molecule has 0 aromatic carbocycles. The van der Waals surface area contributed by atoms with E-state index in [1.54, 1.807) is 0 Å². The van der Waals surface area contributed by atoms with Crippen molar-refractivity contribution < 1.29 is 4.79 Å². The van der Waals surface area contributed by atoms with E-state index >= 15 is 0 Å². The summed E-state index contributed by atoms with van der Waals surface area (Å²) < 4.78 is 0. The first kappa shape index (κ1) is 12.1. The van der Waals surface area contributed by atoms with Crippen LogP contribution in [0.4, 0.5) is 0 Å². The van der Waals surface area contributed by atoms with Gasteiger partial charge in [0.05, 0.1) is 0 Å². The van der Waals surface area contributed by atoms with Gasteiger partial charge in [0, 0.05) is 6.04 Å². The van der Waals surface area contributed by atoms with Gasteiger partial charge in [-0.15, -0.1) is 0 Å². The lowest BCUT2D eigenvalue weighted by atomic mass is 9.70. The molecule has 0 unspecified atom stereocenters. The number of nitrogens with zero attached hydrogens (tertiary/aromatic N) is 2. The molecule has 1 saturated carbocycles. The molecular weight excluding hydrogens is 216 g/mol. The standard InChI is InChI=1S/C12H20N4O/c1-8-4-9(6-12(2,3)5-8)15-11(17)10-13-7-14-16-10/h7-9H,4-6H2,1-3H3,(H,15,17)(H,13,14,16)/t8-,9+/m0/s1. The molecule has 1 fully saturated rings. The molecule has 2 N–H and O–H groups in total. The third-order valence-corrected chi connectivity index (χ3v) is 3.35. The van der Waals surface area contributed by atoms with Gasteiger partial charge in [-0.1, -0.05) is 20.8 Å². The van der Waals surface area contributed by atoms with E-state index < -0.39 is 0 Å². The van der Waals surface area contributed by atoms with Gasteiger partial charge in [0.1, 0.15) is 6.33 Å². The number of amides is 1. The number of aromatic amines is 1. The van der Waals surface area contributed by atoms with Crippen LogP contribution in [0.1, 0.15) is 50.7 Å². The van der Waals surface area contributed by atoms with E-state index in [0.717, 1.165) is 12.8 Å². The Kier molecular flexibility index (Phi) is 3.17. The van der Waals surface area contributed by atoms with Crippen LogP contribution in [0.3, 0.4) is 0 Å². The first-order valence-corrected chi connectivity index (χ1v) is 6.12. The zero-order chi connectivity index (χ0) is 12.5. The van der Waals surface area contributed by atoms with E-state index in [-0.39, 0.29) is 11.9 Å². The van der Waals surface area contributed by atoms with Crippen molar-refractivity contribution in [1.29, 1.82) is 0 Å². The van der Waals surface area contributed by atoms with Crippen LogP contribution in [0.5, 0.6) is 0 Å². The summed E-state index contributed by atoms with van der Waals surface area (Å²) in [5, 5.41) is 9.30. The summed E-state index contributed by atoms with van der Waals surface area (Å²) in [6.07, 6.45) is 4.64. The Bertz CT molecular complexity index is 385. The van der Waals surface area contributed by atoms with E-state index in [9.17, 15) is 4.79 Å². The zero-order valence-corrected chi connectivity index (χ0v) is 10.7. The van der Waals surface area contributed by atoms with Crippen molar-refractivity contribution in [2.24, 2.45) is 11.3 Å². The van der Waals surface area contributed by atoms with Crippen LogP contribution in [0.15, 0.2) is 6.33 Å². The number of nitrogens with one attached hydrogen (secondary N) is 2. The Labute approximate surface area is 101 Å². The average molecular weight is 236 g/mol. The number of hydrogen-bond donors (Lipinski definition) is 2. The minimum Gasteiger partial charge on any atom is -0.347 e. The fraction of sp³-hybridized carbons (Fsp3) is 0.750. The van der Waals surface area contributed by atoms with Crippen LogP contribution in [0, 0.1) is 11.3 Å². The van der Waals surface area contributed by atoms with Crippen LogP contribution in [0.25, 0.3) is 0 Å². The molecule has 0 spiro atoms. The Balaban J connectivity index is 1.97. The Morgan fingerprint density at radius 1 is 1.53 bits per heavy atom. The van der Waals surface area contributed by atoms with Crippen molar-refractivity contribution in [2.75, 3.05) is 0 Å². The summed E-state index contributed by atoms with van der Waals surface area (Å²) in [7, 11) is 0. The van der Waals surface area contributed by atoms with Gasteiger partial charge in [0.15, 0.2) is 0 Å². The molecule has 0 saturated heterocycles. The first-order chi connectivity index (χ1) is 7.96. The molecule has 1 aromatic heterocycles. The Morgan fingerprint density at radius 3 is 2.88 bits per heavy atom. The summed E-state index contributed by atoms with van der Waals surface area (Å²) in [4.78, 5) is 15.7. The molecular formula is C12H20N4O. The van der Waals surface area contributed by atoms with Crippen molar-refractivity contribution in [3.05, 3.63) is 12.2 Å². The van der Waals surface area contributed by atoms with E-state index in [0.29, 0.717) is 17.2 Å². The highest BCUT2D eigenvalue weighted by Gasteiger charge is 2.33. The third-order valence-electron chi connectivity index (χ3n) is 3.35. The SMILES string of the molecule is C[C@H]1C[C@@H](NC(=O)c2ncn[nH]2)CC(C)(C)C1. The highest BCUT2D eigenvalue weighted by Crippen LogP contribution is 2.38. The number of carbonyl (C=O) groups excluding carboxylic acids is 1. The molecule has 2 rings (SSSR count). The molecule has 1 aliphatic carbocycles. The largest absolute Gasteiger partial charge is 0.347 e. The van der Waals surface area contributed by atoms with Crippen molar-refractivity contribution in [2.45, 2.75) is 46.1 Å². The number of H-pyrrole nitrogens is 1. The fourth-order valence-corrected chi connectivity index (χ4v) is 3.02. The summed E-state index contributed by atoms with van der Waals surface area (Å²) in [5.41, 5.74) is 0.303. The summed E-state index contributed by atoms with van der Waals surface area (Å²) in [6.45, 7) is 6.76. The van der Waals surface area contributed by atoms with Crippen molar-refractivity contribution in [1.82, 2.24) is 20.5 Å². The van der Waals surface area contributed by atoms with E-state index in [1.165, 1.54) is 12.7 Å². The predicted octanol–water partition coefficient (Wildman–Crippen LogP) is 1.75. The zero-order valence-electron chi connectivity index (χ0n) is 10.7. The smallest absolute Gasteiger partial charge is 0.288 e. The first-order valence-electron chi connectivity index (χ1n) is 6.12. The molecule has 1 amide bonds. The van der Waals surface area contributed by atoms with Gasteiger partial charge in [-0.3, -0.25) is 9.89 Å². The molecule has 5 heteroatoms. The molecule has 0 radical (unpaired) electrons. The number of carbonyl (C=O) groups is 1. The monoisotopic (exact) mass is 236 g/mol. The molecule has 1 aliphatic rings. The van der Waals surface area contributed by atoms with Crippen LogP contribution in [-0.2, 0) is 0 Å². The van der Waals surface area contributed by atoms with Crippen LogP contribution >= 0.6 is 0 Å². The molecule has 0 aliphatic heterocycles. The quantitative estimate of drug-likeness (QED) is 0.821. The Hall–Kier alpha value is -1.39. The van der Waals surface area contributed by atoms with E-state index in [4.69, 9.17) is 0 Å². The van der Waals surface area contributed by atoms with E-state index in [1.807, 2.05) is 0 Å². The van der Waals surface area contributed by atoms with Gasteiger partial charge in [-0.25, -0.2) is 4.98 Å². The second-order valence-corrected chi connectivity index (χ2v) is 5.92. The highest BCUT2D eigenvalue weighted by atomic mass is 16.2. The molecule has 1 aromatic rings. The molecule has 0 bridgehead atoms. The average Bonchev–Trinajstić information content (AvgIpc) is 2.65. The van der Waals surface area contributed by atoms with Crippen LogP contribution in [-0.4, -0.2) is 27.1 Å². The molecule has 1 heterocycles. The van der Waals surface area contributed by atoms with Crippen molar-refractivity contribution in [3.63, 3.8) is 0 Å². The lowest BCUT2D eigenvalue weighted by molar-refractivity contribution is 0.0864. The maximum Gasteiger partial charge on any atom is 0.288 e. The van der Waals surface area contributed by atoms with Crippen LogP contribution < -0.4 is 5.32 Å². The predicted molar refractivity (Wildman–Crippen MR) is 64.4 cm³/mol. The van der Waals surface area contributed by atoms with Gasteiger partial charge in [-0.05, 0) is 30.6 Å². The lowest BCUT2D eigenvalue weighted by Crippen LogP contribution is -2.43. The van der Waals surface area contributed by atoms with E-state index in [2.05, 4.69) is 41.3 Å². The lowest BCUT2D eigenvalue weighted by Gasteiger charge is -2.39. The van der Waals surface area contributed by atoms with Crippen molar-refractivity contribution >= 4 is 5.91 Å². The minimum atomic E-state index is -0.155. The maximum absolute atomic E-state index is 11.8. The fourth-order valence-electron chi connectivity index (χ4n) is 3.02. The second-order valence-electron chi connectivity index (χ2n) is 5.92. The highest BCUT2D eigenvalue weighted by molar-refractivity contribution is 5.90. The minimum absolute atomic E-state index is 0.155. The molecule has 17 heavy (non-hydrogen) atoms. The van der Waals surface area contributed by atoms with Gasteiger partial charge in [0.2, 0.25) is 5.82 Å². The second kappa shape index (κ2) is 4.47. The van der Waals surface area contributed by atoms with Gasteiger partial charge >= 0.3 is 0 Å². The number of aromatic nitrogens is 3. The number of rotatable bonds is 2. The topological polar surface area (TPSA) is 70.7 Å². The summed E-state index contributed by atoms with van der Waals surface area (Å²) in [5.74, 6) is 0.789. The van der Waals surface area contributed by atoms with Crippen molar-refractivity contribution in [3.8, 4) is 0 Å². The maximum atomic E-state index is 11.8. The molecule has 2 atom stereocenters. The van der Waals surface area contributed by atoms with Gasteiger partial charge < -0.3 is 5.32 Å². The number of hydrogen-bond acceptors (Lipinski definition) is 3. The Morgan fingerprint density at radius 2 is 2.29 bits per heavy atom. The summed E-state index contributed by atoms with van der Waals surface area (Å²) >= 11 is 0. The van der Waals surface area contributed by atoms with Gasteiger partial charge in [0.25, 0.3) is 5.91 Å². The normalized spacial score (nSPS) is 27.7. The third kappa shape index (κ3) is 3.05. The molecule has 94 valence electrons. The summed E-state index contributed by atoms with van der Waals surface area (Å²) in [6, 6.07) is 0.242. The molecule has 5 nitrogen and oxygen atoms in total.